The van der Waals surface area contributed by atoms with Gasteiger partial charge in [0.15, 0.2) is 0 Å². The molecule has 2 aromatic rings. The largest absolute Gasteiger partial charge is 0.390 e. The van der Waals surface area contributed by atoms with Gasteiger partial charge in [-0.1, -0.05) is 18.2 Å². The summed E-state index contributed by atoms with van der Waals surface area (Å²) in [6.07, 6.45) is 4.15. The summed E-state index contributed by atoms with van der Waals surface area (Å²) in [6, 6.07) is 9.34. The third-order valence-corrected chi connectivity index (χ3v) is 5.28. The molecular formula is C16H22N4O3S. The van der Waals surface area contributed by atoms with Gasteiger partial charge < -0.3 is 5.11 Å². The average molecular weight is 350 g/mol. The Morgan fingerprint density at radius 3 is 2.71 bits per heavy atom. The Morgan fingerprint density at radius 2 is 2.00 bits per heavy atom. The van der Waals surface area contributed by atoms with E-state index < -0.39 is 16.1 Å². The lowest BCUT2D eigenvalue weighted by Gasteiger charge is -2.24. The van der Waals surface area contributed by atoms with Crippen LogP contribution in [0.15, 0.2) is 42.7 Å². The van der Waals surface area contributed by atoms with Gasteiger partial charge in [-0.15, -0.1) is 0 Å². The molecule has 0 amide bonds. The molecule has 0 saturated carbocycles. The number of hydrogen-bond donors (Lipinski definition) is 1. The zero-order chi connectivity index (χ0) is 17.2. The van der Waals surface area contributed by atoms with Gasteiger partial charge in [-0.25, -0.2) is 8.42 Å². The second-order valence-corrected chi connectivity index (χ2v) is 7.99. The van der Waals surface area contributed by atoms with Crippen molar-refractivity contribution in [3.05, 3.63) is 48.3 Å². The Morgan fingerprint density at radius 1 is 1.21 bits per heavy atom. The van der Waals surface area contributed by atoms with E-state index in [2.05, 4.69) is 10.00 Å². The number of anilines is 1. The van der Waals surface area contributed by atoms with E-state index in [1.54, 1.807) is 10.9 Å². The molecule has 1 N–H and O–H groups in total. The van der Waals surface area contributed by atoms with Crippen LogP contribution in [0.5, 0.6) is 0 Å². The first-order valence-electron chi connectivity index (χ1n) is 7.87. The van der Waals surface area contributed by atoms with E-state index in [4.69, 9.17) is 0 Å². The fourth-order valence-corrected chi connectivity index (χ4v) is 3.99. The second-order valence-electron chi connectivity index (χ2n) is 6.08. The number of rotatable bonds is 5. The first kappa shape index (κ1) is 16.9. The predicted octanol–water partition coefficient (Wildman–Crippen LogP) is 0.526. The Bertz CT molecular complexity index is 776. The van der Waals surface area contributed by atoms with Crippen LogP contribution in [0.3, 0.4) is 0 Å². The fourth-order valence-electron chi connectivity index (χ4n) is 3.04. The molecule has 8 heteroatoms. The molecule has 1 atom stereocenters. The SMILES string of the molecule is CS(=O)(=O)N1CCN(CC(O)Cn2cccn2)Cc2ccccc21. The number of aliphatic hydroxyl groups excluding tert-OH is 1. The second kappa shape index (κ2) is 6.92. The fraction of sp³-hybridized carbons (Fsp3) is 0.438. The number of sulfonamides is 1. The van der Waals surface area contributed by atoms with Crippen LogP contribution in [-0.2, 0) is 23.1 Å². The molecule has 0 saturated heterocycles. The zero-order valence-corrected chi connectivity index (χ0v) is 14.4. The van der Waals surface area contributed by atoms with Crippen molar-refractivity contribution >= 4 is 15.7 Å². The van der Waals surface area contributed by atoms with Gasteiger partial charge in [-0.05, 0) is 17.7 Å². The van der Waals surface area contributed by atoms with E-state index >= 15 is 0 Å². The lowest BCUT2D eigenvalue weighted by molar-refractivity contribution is 0.0940. The van der Waals surface area contributed by atoms with Gasteiger partial charge in [0.05, 0.1) is 24.6 Å². The van der Waals surface area contributed by atoms with Crippen molar-refractivity contribution in [2.24, 2.45) is 0 Å². The highest BCUT2D eigenvalue weighted by atomic mass is 32.2. The Labute approximate surface area is 142 Å². The summed E-state index contributed by atoms with van der Waals surface area (Å²) in [5, 5.41) is 14.4. The van der Waals surface area contributed by atoms with Gasteiger partial charge in [0, 0.05) is 38.6 Å². The minimum atomic E-state index is -3.33. The maximum atomic E-state index is 12.1. The van der Waals surface area contributed by atoms with Crippen LogP contribution in [0.2, 0.25) is 0 Å². The summed E-state index contributed by atoms with van der Waals surface area (Å²) in [6.45, 7) is 2.44. The highest BCUT2D eigenvalue weighted by molar-refractivity contribution is 7.92. The van der Waals surface area contributed by atoms with Crippen LogP contribution >= 0.6 is 0 Å². The van der Waals surface area contributed by atoms with E-state index in [-0.39, 0.29) is 0 Å². The summed E-state index contributed by atoms with van der Waals surface area (Å²) in [4.78, 5) is 2.08. The quantitative estimate of drug-likeness (QED) is 0.851. The molecule has 130 valence electrons. The first-order valence-corrected chi connectivity index (χ1v) is 9.72. The molecule has 0 aliphatic carbocycles. The lowest BCUT2D eigenvalue weighted by atomic mass is 10.1. The molecule has 7 nitrogen and oxygen atoms in total. The Balaban J connectivity index is 1.74. The lowest BCUT2D eigenvalue weighted by Crippen LogP contribution is -2.38. The van der Waals surface area contributed by atoms with Crippen molar-refractivity contribution in [1.29, 1.82) is 0 Å². The molecule has 1 unspecified atom stereocenters. The van der Waals surface area contributed by atoms with Gasteiger partial charge in [-0.2, -0.15) is 5.10 Å². The first-order chi connectivity index (χ1) is 11.4. The monoisotopic (exact) mass is 350 g/mol. The van der Waals surface area contributed by atoms with Crippen molar-refractivity contribution < 1.29 is 13.5 Å². The standard InChI is InChI=1S/C16H22N4O3S/c1-24(22,23)20-10-9-18(11-14-5-2-3-6-16(14)20)12-15(21)13-19-8-4-7-17-19/h2-8,15,21H,9-13H2,1H3. The smallest absolute Gasteiger partial charge is 0.232 e. The third kappa shape index (κ3) is 3.95. The number of fused-ring (bicyclic) bond motifs is 1. The number of nitrogens with zero attached hydrogens (tertiary/aromatic N) is 4. The zero-order valence-electron chi connectivity index (χ0n) is 13.6. The molecule has 1 aliphatic rings. The summed E-state index contributed by atoms with van der Waals surface area (Å²) in [5.74, 6) is 0. The van der Waals surface area contributed by atoms with Crippen LogP contribution in [0.4, 0.5) is 5.69 Å². The van der Waals surface area contributed by atoms with Gasteiger partial charge in [-0.3, -0.25) is 13.9 Å². The number of β-amino-alcohol motifs (C(OH)–C–C–N with tert-alkyl or cyclic N) is 1. The number of para-hydroxylation sites is 1. The molecular weight excluding hydrogens is 328 g/mol. The normalized spacial score (nSPS) is 17.3. The Kier molecular flexibility index (Phi) is 4.88. The number of benzene rings is 1. The molecule has 0 radical (unpaired) electrons. The van der Waals surface area contributed by atoms with Crippen LogP contribution in [0.1, 0.15) is 5.56 Å². The minimum absolute atomic E-state index is 0.379. The predicted molar refractivity (Wildman–Crippen MR) is 92.1 cm³/mol. The van der Waals surface area contributed by atoms with E-state index in [1.165, 1.54) is 10.6 Å². The van der Waals surface area contributed by atoms with E-state index in [0.717, 1.165) is 11.3 Å². The van der Waals surface area contributed by atoms with Crippen molar-refractivity contribution in [3.8, 4) is 0 Å². The van der Waals surface area contributed by atoms with Crippen LogP contribution in [0.25, 0.3) is 0 Å². The minimum Gasteiger partial charge on any atom is -0.390 e. The van der Waals surface area contributed by atoms with Crippen LogP contribution in [0, 0.1) is 0 Å². The van der Waals surface area contributed by atoms with Gasteiger partial charge in [0.2, 0.25) is 10.0 Å². The number of hydrogen-bond acceptors (Lipinski definition) is 5. The topological polar surface area (TPSA) is 78.7 Å². The molecule has 0 bridgehead atoms. The molecule has 0 spiro atoms. The van der Waals surface area contributed by atoms with E-state index in [1.807, 2.05) is 36.5 Å². The van der Waals surface area contributed by atoms with E-state index in [0.29, 0.717) is 32.7 Å². The van der Waals surface area contributed by atoms with Crippen molar-refractivity contribution in [2.45, 2.75) is 19.2 Å². The summed E-state index contributed by atoms with van der Waals surface area (Å²) in [7, 11) is -3.33. The van der Waals surface area contributed by atoms with Gasteiger partial charge in [0.1, 0.15) is 0 Å². The van der Waals surface area contributed by atoms with Gasteiger partial charge >= 0.3 is 0 Å². The maximum absolute atomic E-state index is 12.1. The molecule has 0 fully saturated rings. The van der Waals surface area contributed by atoms with Crippen molar-refractivity contribution in [1.82, 2.24) is 14.7 Å². The van der Waals surface area contributed by atoms with E-state index in [9.17, 15) is 13.5 Å². The van der Waals surface area contributed by atoms with Crippen LogP contribution in [-0.4, -0.2) is 60.2 Å². The summed E-state index contributed by atoms with van der Waals surface area (Å²) in [5.41, 5.74) is 1.68. The molecule has 2 heterocycles. The molecule has 1 aromatic heterocycles. The number of aliphatic hydroxyl groups is 1. The summed E-state index contributed by atoms with van der Waals surface area (Å²) >= 11 is 0. The maximum Gasteiger partial charge on any atom is 0.232 e. The van der Waals surface area contributed by atoms with Gasteiger partial charge in [0.25, 0.3) is 0 Å². The highest BCUT2D eigenvalue weighted by Gasteiger charge is 2.26. The molecule has 3 rings (SSSR count). The summed E-state index contributed by atoms with van der Waals surface area (Å²) < 4.78 is 27.3. The van der Waals surface area contributed by atoms with Crippen LogP contribution < -0.4 is 4.31 Å². The highest BCUT2D eigenvalue weighted by Crippen LogP contribution is 2.26. The van der Waals surface area contributed by atoms with Crippen molar-refractivity contribution in [3.63, 3.8) is 0 Å². The average Bonchev–Trinajstić information content (AvgIpc) is 2.92. The van der Waals surface area contributed by atoms with Crippen molar-refractivity contribution in [2.75, 3.05) is 30.2 Å². The number of aromatic nitrogens is 2. The Hall–Kier alpha value is -1.90. The molecule has 24 heavy (non-hydrogen) atoms. The molecule has 1 aliphatic heterocycles. The molecule has 1 aromatic carbocycles. The third-order valence-electron chi connectivity index (χ3n) is 4.10.